The van der Waals surface area contributed by atoms with Crippen molar-refractivity contribution >= 4 is 11.9 Å². The Kier molecular flexibility index (Phi) is 7.62. The molecule has 4 rings (SSSR count). The third kappa shape index (κ3) is 4.56. The summed E-state index contributed by atoms with van der Waals surface area (Å²) in [5.74, 6) is 1.51. The van der Waals surface area contributed by atoms with E-state index in [1.165, 1.54) is 0 Å². The van der Waals surface area contributed by atoms with E-state index < -0.39 is 5.54 Å². The van der Waals surface area contributed by atoms with Crippen LogP contribution in [0.2, 0.25) is 0 Å². The number of fused-ring (bicyclic) bond motifs is 2. The van der Waals surface area contributed by atoms with Gasteiger partial charge in [0.15, 0.2) is 0 Å². The third-order valence-corrected chi connectivity index (χ3v) is 7.59. The molecule has 1 N–H and O–H groups in total. The Morgan fingerprint density at radius 3 is 2.64 bits per heavy atom. The minimum absolute atomic E-state index is 0.00273. The Labute approximate surface area is 214 Å². The predicted octanol–water partition coefficient (Wildman–Crippen LogP) is 4.18. The van der Waals surface area contributed by atoms with Gasteiger partial charge in [0.25, 0.3) is 5.91 Å². The first kappa shape index (κ1) is 25.7. The predicted molar refractivity (Wildman–Crippen MR) is 140 cm³/mol. The number of likely N-dealkylation sites (N-methyl/N-ethyl adjacent to an activating group) is 2. The van der Waals surface area contributed by atoms with E-state index in [-0.39, 0.29) is 11.9 Å². The second-order valence-corrected chi connectivity index (χ2v) is 9.52. The van der Waals surface area contributed by atoms with Crippen molar-refractivity contribution in [3.63, 3.8) is 0 Å². The van der Waals surface area contributed by atoms with Crippen LogP contribution in [0.5, 0.6) is 11.5 Å². The summed E-state index contributed by atoms with van der Waals surface area (Å²) < 4.78 is 11.2. The Morgan fingerprint density at radius 1 is 1.19 bits per heavy atom. The maximum absolute atomic E-state index is 13.7. The van der Waals surface area contributed by atoms with Crippen molar-refractivity contribution in [1.29, 1.82) is 0 Å². The largest absolute Gasteiger partial charge is 0.497 e. The molecule has 0 aromatic heterocycles. The van der Waals surface area contributed by atoms with Gasteiger partial charge in [0.2, 0.25) is 0 Å². The zero-order chi connectivity index (χ0) is 25.9. The quantitative estimate of drug-likeness (QED) is 0.587. The zero-order valence-electron chi connectivity index (χ0n) is 22.1. The fraction of sp³-hybridized carbons (Fsp3) is 0.500. The normalized spacial score (nSPS) is 22.4. The number of ether oxygens (including phenoxy) is 2. The van der Waals surface area contributed by atoms with Crippen molar-refractivity contribution in [3.05, 3.63) is 59.1 Å². The lowest BCUT2D eigenvalue weighted by molar-refractivity contribution is -0.127. The summed E-state index contributed by atoms with van der Waals surface area (Å²) in [6.07, 6.45) is 10.9. The van der Waals surface area contributed by atoms with E-state index >= 15 is 0 Å². The summed E-state index contributed by atoms with van der Waals surface area (Å²) in [6.45, 7) is 8.36. The molecule has 1 aromatic rings. The average Bonchev–Trinajstić information content (AvgIpc) is 3.08. The Hall–Kier alpha value is -3.42. The van der Waals surface area contributed by atoms with Crippen molar-refractivity contribution in [2.24, 2.45) is 0 Å². The zero-order valence-corrected chi connectivity index (χ0v) is 22.1. The molecule has 8 nitrogen and oxygen atoms in total. The number of nitrogens with zero attached hydrogens (tertiary/aromatic N) is 3. The molecule has 194 valence electrons. The fourth-order valence-electron chi connectivity index (χ4n) is 5.58. The molecule has 0 spiro atoms. The number of amides is 3. The lowest BCUT2D eigenvalue weighted by atomic mass is 9.89. The molecular weight excluding hydrogens is 456 g/mol. The fourth-order valence-corrected chi connectivity index (χ4v) is 5.58. The van der Waals surface area contributed by atoms with Gasteiger partial charge in [-0.3, -0.25) is 9.69 Å². The van der Waals surface area contributed by atoms with Gasteiger partial charge in [-0.25, -0.2) is 4.79 Å². The molecule has 0 radical (unpaired) electrons. The highest BCUT2D eigenvalue weighted by molar-refractivity contribution is 5.93. The number of benzene rings is 1. The van der Waals surface area contributed by atoms with E-state index in [2.05, 4.69) is 18.3 Å². The number of nitrogens with one attached hydrogen (secondary N) is 1. The molecule has 1 saturated heterocycles. The van der Waals surface area contributed by atoms with Crippen LogP contribution >= 0.6 is 0 Å². The molecule has 1 aromatic carbocycles. The van der Waals surface area contributed by atoms with Crippen LogP contribution < -0.4 is 14.8 Å². The van der Waals surface area contributed by atoms with Gasteiger partial charge in [0.05, 0.1) is 26.3 Å². The van der Waals surface area contributed by atoms with Crippen LogP contribution in [0.3, 0.4) is 0 Å². The molecule has 3 aliphatic heterocycles. The van der Waals surface area contributed by atoms with Crippen LogP contribution in [0, 0.1) is 0 Å². The number of allylic oxidation sites excluding steroid dienone is 3. The first-order valence-electron chi connectivity index (χ1n) is 12.8. The first-order chi connectivity index (χ1) is 17.4. The summed E-state index contributed by atoms with van der Waals surface area (Å²) in [5.41, 5.74) is 3.28. The lowest BCUT2D eigenvalue weighted by Crippen LogP contribution is -2.47. The number of hydrogen-bond acceptors (Lipinski definition) is 5. The van der Waals surface area contributed by atoms with E-state index in [9.17, 15) is 9.59 Å². The SMILES string of the molecule is CCN(CCC1(C)/C2=C/CCc3c(cc(OC)cc3OC)CN2C(=O)N1CC)C(=O)C1=CCC=CN1. The second kappa shape index (κ2) is 10.7. The topological polar surface area (TPSA) is 74.4 Å². The third-order valence-electron chi connectivity index (χ3n) is 7.59. The van der Waals surface area contributed by atoms with Crippen molar-refractivity contribution < 1.29 is 19.1 Å². The van der Waals surface area contributed by atoms with Gasteiger partial charge in [0, 0.05) is 31.4 Å². The van der Waals surface area contributed by atoms with E-state index in [1.54, 1.807) is 14.2 Å². The molecule has 36 heavy (non-hydrogen) atoms. The highest BCUT2D eigenvalue weighted by atomic mass is 16.5. The van der Waals surface area contributed by atoms with Crippen LogP contribution in [0.4, 0.5) is 4.79 Å². The maximum Gasteiger partial charge on any atom is 0.325 e. The summed E-state index contributed by atoms with van der Waals surface area (Å²) in [6, 6.07) is 3.91. The van der Waals surface area contributed by atoms with Gasteiger partial charge in [-0.15, -0.1) is 0 Å². The molecule has 0 aliphatic carbocycles. The molecule has 1 fully saturated rings. The van der Waals surface area contributed by atoms with Crippen LogP contribution in [0.1, 0.15) is 51.2 Å². The standard InChI is InChI=1S/C28H38N4O4/c1-6-30(26(33)23-12-8-9-15-29-23)16-14-28(3)25-13-10-11-22-20(17-21(35-4)18-24(22)36-5)19-31(25)27(34)32(28)7-2/h9,12-13,15,17-18,29H,6-8,10-11,14,16,19H2,1-5H3/b25-13-. The van der Waals surface area contributed by atoms with Crippen molar-refractivity contribution in [2.45, 2.75) is 58.5 Å². The molecule has 0 saturated carbocycles. The van der Waals surface area contributed by atoms with Crippen LogP contribution in [-0.4, -0.2) is 66.0 Å². The number of carbonyl (C=O) groups excluding carboxylic acids is 2. The summed E-state index contributed by atoms with van der Waals surface area (Å²) >= 11 is 0. The van der Waals surface area contributed by atoms with E-state index in [0.717, 1.165) is 47.6 Å². The van der Waals surface area contributed by atoms with Gasteiger partial charge in [-0.2, -0.15) is 0 Å². The summed E-state index contributed by atoms with van der Waals surface area (Å²) in [4.78, 5) is 32.5. The van der Waals surface area contributed by atoms with Crippen molar-refractivity contribution in [3.8, 4) is 11.5 Å². The molecular formula is C28H38N4O4. The van der Waals surface area contributed by atoms with E-state index in [0.29, 0.717) is 38.3 Å². The molecule has 3 aliphatic rings. The smallest absolute Gasteiger partial charge is 0.325 e. The number of rotatable bonds is 8. The van der Waals surface area contributed by atoms with Crippen LogP contribution in [0.15, 0.2) is 48.0 Å². The van der Waals surface area contributed by atoms with Gasteiger partial charge < -0.3 is 24.6 Å². The van der Waals surface area contributed by atoms with Crippen LogP contribution in [0.25, 0.3) is 0 Å². The van der Waals surface area contributed by atoms with E-state index in [4.69, 9.17) is 9.47 Å². The summed E-state index contributed by atoms with van der Waals surface area (Å²) in [5, 5.41) is 3.07. The van der Waals surface area contributed by atoms with Crippen molar-refractivity contribution in [2.75, 3.05) is 33.9 Å². The van der Waals surface area contributed by atoms with Crippen molar-refractivity contribution in [1.82, 2.24) is 20.0 Å². The van der Waals surface area contributed by atoms with Gasteiger partial charge in [-0.1, -0.05) is 18.2 Å². The Balaban J connectivity index is 1.61. The Bertz CT molecular complexity index is 1110. The number of urea groups is 1. The highest BCUT2D eigenvalue weighted by Crippen LogP contribution is 2.42. The Morgan fingerprint density at radius 2 is 2.00 bits per heavy atom. The molecule has 0 bridgehead atoms. The van der Waals surface area contributed by atoms with Gasteiger partial charge in [-0.05, 0) is 69.8 Å². The monoisotopic (exact) mass is 494 g/mol. The molecule has 3 amide bonds. The molecule has 8 heteroatoms. The van der Waals surface area contributed by atoms with Gasteiger partial charge >= 0.3 is 6.03 Å². The number of carbonyl (C=O) groups is 2. The maximum atomic E-state index is 13.7. The number of hydrogen-bond donors (Lipinski definition) is 1. The molecule has 3 heterocycles. The minimum Gasteiger partial charge on any atom is -0.497 e. The first-order valence-corrected chi connectivity index (χ1v) is 12.8. The highest BCUT2D eigenvalue weighted by Gasteiger charge is 2.50. The summed E-state index contributed by atoms with van der Waals surface area (Å²) in [7, 11) is 3.31. The minimum atomic E-state index is -0.506. The number of methoxy groups -OCH3 is 2. The average molecular weight is 495 g/mol. The van der Waals surface area contributed by atoms with Crippen LogP contribution in [-0.2, 0) is 17.8 Å². The lowest BCUT2D eigenvalue weighted by Gasteiger charge is -2.36. The second-order valence-electron chi connectivity index (χ2n) is 9.52. The number of dihydropyridines is 1. The van der Waals surface area contributed by atoms with Gasteiger partial charge in [0.1, 0.15) is 17.2 Å². The molecule has 1 unspecified atom stereocenters. The van der Waals surface area contributed by atoms with E-state index in [1.807, 2.05) is 59.0 Å². The molecule has 1 atom stereocenters.